The van der Waals surface area contributed by atoms with Gasteiger partial charge in [-0.25, -0.2) is 4.58 Å². The van der Waals surface area contributed by atoms with Crippen LogP contribution in [0.3, 0.4) is 0 Å². The second-order valence-electron chi connectivity index (χ2n) is 3.43. The Bertz CT molecular complexity index is 110. The Labute approximate surface area is 64.8 Å². The molecule has 0 saturated carbocycles. The molecule has 0 bridgehead atoms. The molecule has 0 N–H and O–H groups in total. The average molecular weight is 142 g/mol. The SMILES string of the molecule is CCC(C=[N+](C)C)C(C)C. The van der Waals surface area contributed by atoms with Crippen LogP contribution in [-0.2, 0) is 0 Å². The Morgan fingerprint density at radius 2 is 1.80 bits per heavy atom. The lowest BCUT2D eigenvalue weighted by Gasteiger charge is -2.10. The summed E-state index contributed by atoms with van der Waals surface area (Å²) in [7, 11) is 4.18. The van der Waals surface area contributed by atoms with Crippen LogP contribution in [-0.4, -0.2) is 24.9 Å². The maximum atomic E-state index is 2.30. The van der Waals surface area contributed by atoms with Crippen LogP contribution in [0.25, 0.3) is 0 Å². The van der Waals surface area contributed by atoms with Crippen LogP contribution >= 0.6 is 0 Å². The van der Waals surface area contributed by atoms with Gasteiger partial charge in [-0.1, -0.05) is 20.8 Å². The van der Waals surface area contributed by atoms with Crippen LogP contribution in [0.5, 0.6) is 0 Å². The van der Waals surface area contributed by atoms with Crippen molar-refractivity contribution in [1.29, 1.82) is 0 Å². The minimum Gasteiger partial charge on any atom is -0.245 e. The lowest BCUT2D eigenvalue weighted by Crippen LogP contribution is -2.14. The topological polar surface area (TPSA) is 3.01 Å². The second-order valence-corrected chi connectivity index (χ2v) is 3.43. The highest BCUT2D eigenvalue weighted by molar-refractivity contribution is 5.55. The predicted octanol–water partition coefficient (Wildman–Crippen LogP) is 2.01. The maximum absolute atomic E-state index is 2.30. The summed E-state index contributed by atoms with van der Waals surface area (Å²) in [6.07, 6.45) is 3.54. The molecule has 0 amide bonds. The lowest BCUT2D eigenvalue weighted by atomic mass is 9.95. The van der Waals surface area contributed by atoms with E-state index in [1.165, 1.54) is 6.42 Å². The molecular formula is C9H20N+. The molecule has 1 nitrogen and oxygen atoms in total. The quantitative estimate of drug-likeness (QED) is 0.419. The Hall–Kier alpha value is -0.330. The summed E-state index contributed by atoms with van der Waals surface area (Å²) in [6.45, 7) is 6.78. The van der Waals surface area contributed by atoms with Gasteiger partial charge in [0.2, 0.25) is 0 Å². The van der Waals surface area contributed by atoms with E-state index in [0.717, 1.165) is 11.8 Å². The molecule has 0 aromatic heterocycles. The Balaban J connectivity index is 3.96. The molecule has 0 aliphatic carbocycles. The standard InChI is InChI=1S/C9H20N/c1-6-9(8(2)3)7-10(4)5/h7-9H,6H2,1-5H3/q+1. The van der Waals surface area contributed by atoms with Crippen molar-refractivity contribution < 1.29 is 4.58 Å². The fraction of sp³-hybridized carbons (Fsp3) is 0.889. The molecule has 0 aromatic carbocycles. The smallest absolute Gasteiger partial charge is 0.142 e. The zero-order chi connectivity index (χ0) is 8.15. The first kappa shape index (κ1) is 9.67. The van der Waals surface area contributed by atoms with Crippen molar-refractivity contribution in [2.75, 3.05) is 14.1 Å². The molecule has 0 saturated heterocycles. The fourth-order valence-corrected chi connectivity index (χ4v) is 1.13. The van der Waals surface area contributed by atoms with E-state index >= 15 is 0 Å². The molecule has 0 aromatic rings. The van der Waals surface area contributed by atoms with Gasteiger partial charge in [-0.15, -0.1) is 0 Å². The van der Waals surface area contributed by atoms with Crippen LogP contribution in [0, 0.1) is 11.8 Å². The molecular weight excluding hydrogens is 122 g/mol. The van der Waals surface area contributed by atoms with Crippen LogP contribution in [0.1, 0.15) is 27.2 Å². The Morgan fingerprint density at radius 1 is 1.30 bits per heavy atom. The number of rotatable bonds is 3. The number of hydrogen-bond donors (Lipinski definition) is 0. The number of nitrogens with zero attached hydrogens (tertiary/aromatic N) is 1. The molecule has 1 atom stereocenters. The summed E-state index contributed by atoms with van der Waals surface area (Å²) < 4.78 is 2.15. The molecule has 0 spiro atoms. The summed E-state index contributed by atoms with van der Waals surface area (Å²) in [4.78, 5) is 0. The predicted molar refractivity (Wildman–Crippen MR) is 46.8 cm³/mol. The molecule has 0 fully saturated rings. The maximum Gasteiger partial charge on any atom is 0.142 e. The lowest BCUT2D eigenvalue weighted by molar-refractivity contribution is -0.462. The van der Waals surface area contributed by atoms with Crippen molar-refractivity contribution in [3.05, 3.63) is 0 Å². The van der Waals surface area contributed by atoms with Crippen molar-refractivity contribution in [3.63, 3.8) is 0 Å². The van der Waals surface area contributed by atoms with Crippen LogP contribution in [0.15, 0.2) is 0 Å². The minimum absolute atomic E-state index is 0.745. The average Bonchev–Trinajstić information content (AvgIpc) is 1.81. The molecule has 1 heteroatoms. The van der Waals surface area contributed by atoms with E-state index in [9.17, 15) is 0 Å². The summed E-state index contributed by atoms with van der Waals surface area (Å²) >= 11 is 0. The van der Waals surface area contributed by atoms with Crippen molar-refractivity contribution in [1.82, 2.24) is 0 Å². The van der Waals surface area contributed by atoms with Gasteiger partial charge < -0.3 is 0 Å². The summed E-state index contributed by atoms with van der Waals surface area (Å²) in [5.41, 5.74) is 0. The third-order valence-corrected chi connectivity index (χ3v) is 1.82. The zero-order valence-corrected chi connectivity index (χ0v) is 7.89. The highest BCUT2D eigenvalue weighted by Gasteiger charge is 2.10. The summed E-state index contributed by atoms with van der Waals surface area (Å²) in [6, 6.07) is 0. The number of hydrogen-bond acceptors (Lipinski definition) is 0. The first-order chi connectivity index (χ1) is 4.57. The van der Waals surface area contributed by atoms with E-state index < -0.39 is 0 Å². The third kappa shape index (κ3) is 3.65. The van der Waals surface area contributed by atoms with E-state index in [1.807, 2.05) is 0 Å². The van der Waals surface area contributed by atoms with E-state index in [1.54, 1.807) is 0 Å². The van der Waals surface area contributed by atoms with E-state index in [2.05, 4.69) is 45.7 Å². The van der Waals surface area contributed by atoms with Crippen LogP contribution in [0.4, 0.5) is 0 Å². The first-order valence-electron chi connectivity index (χ1n) is 4.09. The zero-order valence-electron chi connectivity index (χ0n) is 7.89. The minimum atomic E-state index is 0.745. The van der Waals surface area contributed by atoms with Gasteiger partial charge in [0, 0.05) is 5.92 Å². The van der Waals surface area contributed by atoms with Crippen LogP contribution in [0.2, 0.25) is 0 Å². The second kappa shape index (κ2) is 4.48. The van der Waals surface area contributed by atoms with E-state index in [0.29, 0.717) is 0 Å². The molecule has 0 radical (unpaired) electrons. The van der Waals surface area contributed by atoms with Gasteiger partial charge in [-0.05, 0) is 12.3 Å². The molecule has 10 heavy (non-hydrogen) atoms. The summed E-state index contributed by atoms with van der Waals surface area (Å²) in [5.74, 6) is 1.52. The van der Waals surface area contributed by atoms with Crippen molar-refractivity contribution in [3.8, 4) is 0 Å². The molecule has 0 aliphatic heterocycles. The Morgan fingerprint density at radius 3 is 1.90 bits per heavy atom. The van der Waals surface area contributed by atoms with Gasteiger partial charge in [0.05, 0.1) is 0 Å². The molecule has 1 unspecified atom stereocenters. The molecule has 0 heterocycles. The van der Waals surface area contributed by atoms with Gasteiger partial charge >= 0.3 is 0 Å². The van der Waals surface area contributed by atoms with Gasteiger partial charge in [0.1, 0.15) is 20.3 Å². The van der Waals surface area contributed by atoms with Crippen molar-refractivity contribution in [2.45, 2.75) is 27.2 Å². The van der Waals surface area contributed by atoms with Gasteiger partial charge in [0.15, 0.2) is 0 Å². The van der Waals surface area contributed by atoms with Gasteiger partial charge in [-0.2, -0.15) is 0 Å². The molecule has 60 valence electrons. The molecule has 0 aliphatic rings. The fourth-order valence-electron chi connectivity index (χ4n) is 1.13. The highest BCUT2D eigenvalue weighted by Crippen LogP contribution is 2.11. The Kier molecular flexibility index (Phi) is 4.33. The summed E-state index contributed by atoms with van der Waals surface area (Å²) in [5, 5.41) is 0. The van der Waals surface area contributed by atoms with Gasteiger partial charge in [-0.3, -0.25) is 0 Å². The van der Waals surface area contributed by atoms with Crippen molar-refractivity contribution in [2.24, 2.45) is 11.8 Å². The highest BCUT2D eigenvalue weighted by atomic mass is 14.9. The monoisotopic (exact) mass is 142 g/mol. The third-order valence-electron chi connectivity index (χ3n) is 1.82. The normalized spacial score (nSPS) is 13.4. The van der Waals surface area contributed by atoms with E-state index in [-0.39, 0.29) is 0 Å². The van der Waals surface area contributed by atoms with Gasteiger partial charge in [0.25, 0.3) is 0 Å². The largest absolute Gasteiger partial charge is 0.245 e. The van der Waals surface area contributed by atoms with Crippen LogP contribution < -0.4 is 0 Å². The van der Waals surface area contributed by atoms with E-state index in [4.69, 9.17) is 0 Å². The van der Waals surface area contributed by atoms with Crippen molar-refractivity contribution >= 4 is 6.21 Å². The first-order valence-corrected chi connectivity index (χ1v) is 4.09. The molecule has 0 rings (SSSR count).